The van der Waals surface area contributed by atoms with Crippen LogP contribution in [0.5, 0.6) is 0 Å². The molecular weight excluding hydrogens is 226 g/mol. The summed E-state index contributed by atoms with van der Waals surface area (Å²) in [4.78, 5) is 10.1. The molecule has 2 rings (SSSR count). The van der Waals surface area contributed by atoms with E-state index in [0.717, 1.165) is 6.42 Å². The van der Waals surface area contributed by atoms with Gasteiger partial charge >= 0.3 is 5.82 Å². The van der Waals surface area contributed by atoms with E-state index >= 15 is 0 Å². The Balaban J connectivity index is 1.90. The van der Waals surface area contributed by atoms with E-state index in [1.165, 1.54) is 0 Å². The molecule has 0 unspecified atom stereocenters. The lowest BCUT2D eigenvalue weighted by atomic mass is 10.3. The molecule has 1 aliphatic heterocycles. The summed E-state index contributed by atoms with van der Waals surface area (Å²) < 4.78 is 12.3. The second kappa shape index (κ2) is 5.24. The molecule has 7 heteroatoms. The fourth-order valence-corrected chi connectivity index (χ4v) is 1.75. The highest BCUT2D eigenvalue weighted by Gasteiger charge is 2.19. The zero-order chi connectivity index (χ0) is 12.3. The van der Waals surface area contributed by atoms with E-state index in [1.807, 2.05) is 0 Å². The lowest BCUT2D eigenvalue weighted by Crippen LogP contribution is -2.26. The van der Waals surface area contributed by atoms with Crippen molar-refractivity contribution in [2.75, 3.05) is 13.2 Å². The van der Waals surface area contributed by atoms with Crippen LogP contribution in [-0.2, 0) is 16.0 Å². The van der Waals surface area contributed by atoms with Crippen molar-refractivity contribution in [3.63, 3.8) is 0 Å². The lowest BCUT2D eigenvalue weighted by molar-refractivity contribution is -0.390. The van der Waals surface area contributed by atoms with Crippen molar-refractivity contribution in [1.82, 2.24) is 9.78 Å². The van der Waals surface area contributed by atoms with Gasteiger partial charge < -0.3 is 19.6 Å². The van der Waals surface area contributed by atoms with Crippen molar-refractivity contribution in [2.45, 2.75) is 32.6 Å². The second-order valence-electron chi connectivity index (χ2n) is 3.97. The van der Waals surface area contributed by atoms with E-state index in [2.05, 4.69) is 5.10 Å². The third kappa shape index (κ3) is 3.01. The highest BCUT2D eigenvalue weighted by atomic mass is 16.7. The minimum Gasteiger partial charge on any atom is -0.358 e. The first kappa shape index (κ1) is 12.0. The lowest BCUT2D eigenvalue weighted by Gasteiger charge is -2.22. The Kier molecular flexibility index (Phi) is 3.70. The smallest absolute Gasteiger partial charge is 0.358 e. The summed E-state index contributed by atoms with van der Waals surface area (Å²) in [6.07, 6.45) is 3.02. The maximum absolute atomic E-state index is 10.6. The number of nitrogens with zero attached hydrogens (tertiary/aromatic N) is 3. The van der Waals surface area contributed by atoms with Gasteiger partial charge in [-0.1, -0.05) is 0 Å². The highest BCUT2D eigenvalue weighted by molar-refractivity contribution is 5.27. The summed E-state index contributed by atoms with van der Waals surface area (Å²) in [7, 11) is 0. The SMILES string of the molecule is Cc1cn(CCC2OCCCO2)nc1[N+](=O)[O-]. The fraction of sp³-hybridized carbons (Fsp3) is 0.700. The number of aryl methyl sites for hydroxylation is 2. The monoisotopic (exact) mass is 241 g/mol. The van der Waals surface area contributed by atoms with Gasteiger partial charge in [0.05, 0.1) is 36.6 Å². The number of hydrogen-bond donors (Lipinski definition) is 0. The van der Waals surface area contributed by atoms with Crippen molar-refractivity contribution in [3.8, 4) is 0 Å². The molecule has 17 heavy (non-hydrogen) atoms. The second-order valence-corrected chi connectivity index (χ2v) is 3.97. The van der Waals surface area contributed by atoms with Gasteiger partial charge in [0.2, 0.25) is 0 Å². The standard InChI is InChI=1S/C10H15N3O4/c1-8-7-12(11-10(8)13(14)15)4-3-9-16-5-2-6-17-9/h7,9H,2-6H2,1H3. The van der Waals surface area contributed by atoms with Gasteiger partial charge in [0.25, 0.3) is 0 Å². The van der Waals surface area contributed by atoms with Crippen LogP contribution in [0.3, 0.4) is 0 Å². The molecule has 2 heterocycles. The molecule has 94 valence electrons. The van der Waals surface area contributed by atoms with Gasteiger partial charge in [0.15, 0.2) is 6.29 Å². The summed E-state index contributed by atoms with van der Waals surface area (Å²) in [5.41, 5.74) is 0.570. The normalized spacial score (nSPS) is 17.2. The average Bonchev–Trinajstić information content (AvgIpc) is 2.69. The van der Waals surface area contributed by atoms with Gasteiger partial charge in [0, 0.05) is 6.42 Å². The summed E-state index contributed by atoms with van der Waals surface area (Å²) in [6, 6.07) is 0. The number of rotatable bonds is 4. The van der Waals surface area contributed by atoms with Crippen LogP contribution < -0.4 is 0 Å². The quantitative estimate of drug-likeness (QED) is 0.585. The van der Waals surface area contributed by atoms with Crippen molar-refractivity contribution in [2.24, 2.45) is 0 Å². The van der Waals surface area contributed by atoms with E-state index in [4.69, 9.17) is 9.47 Å². The van der Waals surface area contributed by atoms with E-state index in [9.17, 15) is 10.1 Å². The Hall–Kier alpha value is -1.47. The molecule has 1 aliphatic rings. The Morgan fingerprint density at radius 1 is 1.59 bits per heavy atom. The van der Waals surface area contributed by atoms with Crippen LogP contribution in [0, 0.1) is 17.0 Å². The molecule has 0 spiro atoms. The van der Waals surface area contributed by atoms with Crippen LogP contribution >= 0.6 is 0 Å². The van der Waals surface area contributed by atoms with Crippen LogP contribution in [0.1, 0.15) is 18.4 Å². The summed E-state index contributed by atoms with van der Waals surface area (Å²) in [6.45, 7) is 3.65. The van der Waals surface area contributed by atoms with Gasteiger partial charge in [-0.3, -0.25) is 0 Å². The molecule has 1 aromatic rings. The van der Waals surface area contributed by atoms with E-state index in [-0.39, 0.29) is 12.1 Å². The number of nitro groups is 1. The number of hydrogen-bond acceptors (Lipinski definition) is 5. The van der Waals surface area contributed by atoms with E-state index in [0.29, 0.717) is 31.7 Å². The average molecular weight is 241 g/mol. The van der Waals surface area contributed by atoms with Gasteiger partial charge in [-0.05, 0) is 18.3 Å². The molecule has 0 aliphatic carbocycles. The first-order valence-corrected chi connectivity index (χ1v) is 5.58. The Bertz CT molecular complexity index is 398. The van der Waals surface area contributed by atoms with Crippen molar-refractivity contribution < 1.29 is 14.4 Å². The minimum absolute atomic E-state index is 0.0875. The van der Waals surface area contributed by atoms with Gasteiger partial charge in [-0.2, -0.15) is 4.68 Å². The van der Waals surface area contributed by atoms with Gasteiger partial charge in [-0.15, -0.1) is 0 Å². The molecule has 0 atom stereocenters. The molecule has 7 nitrogen and oxygen atoms in total. The fourth-order valence-electron chi connectivity index (χ4n) is 1.75. The Morgan fingerprint density at radius 3 is 2.88 bits per heavy atom. The first-order chi connectivity index (χ1) is 8.16. The predicted octanol–water partition coefficient (Wildman–Crippen LogP) is 1.25. The topological polar surface area (TPSA) is 79.4 Å². The maximum Gasteiger partial charge on any atom is 0.392 e. The zero-order valence-electron chi connectivity index (χ0n) is 9.66. The maximum atomic E-state index is 10.6. The predicted molar refractivity (Wildman–Crippen MR) is 58.5 cm³/mol. The van der Waals surface area contributed by atoms with E-state index < -0.39 is 4.92 Å². The molecule has 0 radical (unpaired) electrons. The molecule has 0 amide bonds. The van der Waals surface area contributed by atoms with Gasteiger partial charge in [0.1, 0.15) is 0 Å². The molecule has 0 N–H and O–H groups in total. The molecular formula is C10H15N3O4. The van der Waals surface area contributed by atoms with Crippen molar-refractivity contribution in [3.05, 3.63) is 21.9 Å². The van der Waals surface area contributed by atoms with Crippen molar-refractivity contribution >= 4 is 5.82 Å². The van der Waals surface area contributed by atoms with Crippen molar-refractivity contribution in [1.29, 1.82) is 0 Å². The first-order valence-electron chi connectivity index (χ1n) is 5.58. The number of aromatic nitrogens is 2. The largest absolute Gasteiger partial charge is 0.392 e. The summed E-state index contributed by atoms with van der Waals surface area (Å²) in [5, 5.41) is 14.5. The third-order valence-corrected chi connectivity index (χ3v) is 2.58. The minimum atomic E-state index is -0.473. The third-order valence-electron chi connectivity index (χ3n) is 2.58. The van der Waals surface area contributed by atoms with Gasteiger partial charge in [-0.25, -0.2) is 0 Å². The van der Waals surface area contributed by atoms with Crippen LogP contribution in [0.4, 0.5) is 5.82 Å². The Morgan fingerprint density at radius 2 is 2.29 bits per heavy atom. The van der Waals surface area contributed by atoms with E-state index in [1.54, 1.807) is 17.8 Å². The Labute approximate surface area is 98.5 Å². The van der Waals surface area contributed by atoms with Crippen LogP contribution in [0.25, 0.3) is 0 Å². The summed E-state index contributed by atoms with van der Waals surface area (Å²) in [5.74, 6) is -0.0875. The molecule has 1 aromatic heterocycles. The zero-order valence-corrected chi connectivity index (χ0v) is 9.66. The van der Waals surface area contributed by atoms with Crippen LogP contribution in [-0.4, -0.2) is 34.2 Å². The molecule has 1 saturated heterocycles. The molecule has 0 bridgehead atoms. The highest BCUT2D eigenvalue weighted by Crippen LogP contribution is 2.15. The summed E-state index contributed by atoms with van der Waals surface area (Å²) >= 11 is 0. The number of ether oxygens (including phenoxy) is 2. The molecule has 1 fully saturated rings. The molecule has 0 aromatic carbocycles. The van der Waals surface area contributed by atoms with Crippen LogP contribution in [0.2, 0.25) is 0 Å². The molecule has 0 saturated carbocycles. The van der Waals surface area contributed by atoms with Crippen LogP contribution in [0.15, 0.2) is 6.20 Å².